The molecule has 27 heavy (non-hydrogen) atoms. The summed E-state index contributed by atoms with van der Waals surface area (Å²) in [6, 6.07) is 0.486. The highest BCUT2D eigenvalue weighted by molar-refractivity contribution is 5.68. The second-order valence-corrected chi connectivity index (χ2v) is 7.83. The fourth-order valence-corrected chi connectivity index (χ4v) is 4.48. The van der Waals surface area contributed by atoms with Crippen LogP contribution >= 0.6 is 0 Å². The van der Waals surface area contributed by atoms with Crippen molar-refractivity contribution in [3.05, 3.63) is 0 Å². The van der Waals surface area contributed by atoms with Crippen molar-refractivity contribution in [1.82, 2.24) is 9.80 Å². The number of carbonyl (C=O) groups is 1. The normalized spacial score (nSPS) is 39.4. The summed E-state index contributed by atoms with van der Waals surface area (Å²) in [5.74, 6) is 0. The first kappa shape index (κ1) is 20.8. The molecule has 3 rings (SSSR count). The number of hydrogen-bond acceptors (Lipinski definition) is 8. The van der Waals surface area contributed by atoms with Crippen LogP contribution in [0.15, 0.2) is 0 Å². The molecular weight excluding hydrogens is 356 g/mol. The topological polar surface area (TPSA) is 123 Å². The van der Waals surface area contributed by atoms with E-state index in [1.54, 1.807) is 4.90 Å². The molecule has 3 aliphatic rings. The minimum absolute atomic E-state index is 0.486. The van der Waals surface area contributed by atoms with Gasteiger partial charge in [0.15, 0.2) is 6.10 Å². The van der Waals surface area contributed by atoms with E-state index in [2.05, 4.69) is 4.90 Å². The zero-order valence-electron chi connectivity index (χ0n) is 15.8. The maximum atomic E-state index is 12.5. The molecule has 0 bridgehead atoms. The van der Waals surface area contributed by atoms with Crippen molar-refractivity contribution in [1.29, 1.82) is 0 Å². The Morgan fingerprint density at radius 1 is 0.815 bits per heavy atom. The molecule has 3 fully saturated rings. The van der Waals surface area contributed by atoms with E-state index in [4.69, 9.17) is 9.47 Å². The number of aliphatic hydroxyl groups excluding tert-OH is 4. The molecule has 156 valence electrons. The molecule has 0 aromatic heterocycles. The van der Waals surface area contributed by atoms with Gasteiger partial charge in [-0.3, -0.25) is 0 Å². The van der Waals surface area contributed by atoms with Crippen LogP contribution < -0.4 is 0 Å². The van der Waals surface area contributed by atoms with Crippen molar-refractivity contribution in [2.75, 3.05) is 33.3 Å². The first-order valence-electron chi connectivity index (χ1n) is 9.88. The van der Waals surface area contributed by atoms with E-state index in [0.29, 0.717) is 19.1 Å². The highest BCUT2D eigenvalue weighted by atomic mass is 16.6. The second kappa shape index (κ2) is 9.02. The van der Waals surface area contributed by atoms with Gasteiger partial charge in [-0.2, -0.15) is 0 Å². The SMILES string of the molecule is COC1C(O)C(O)C(O)C(O)C1OC(=O)N1CCC(N2CCCCC2)CC1. The second-order valence-electron chi connectivity index (χ2n) is 7.83. The van der Waals surface area contributed by atoms with E-state index >= 15 is 0 Å². The van der Waals surface area contributed by atoms with Gasteiger partial charge in [0.25, 0.3) is 0 Å². The molecule has 0 radical (unpaired) electrons. The quantitative estimate of drug-likeness (QED) is 0.481. The summed E-state index contributed by atoms with van der Waals surface area (Å²) >= 11 is 0. The van der Waals surface area contributed by atoms with Crippen LogP contribution in [0.1, 0.15) is 32.1 Å². The van der Waals surface area contributed by atoms with Gasteiger partial charge in [0.05, 0.1) is 0 Å². The van der Waals surface area contributed by atoms with Crippen LogP contribution in [0, 0.1) is 0 Å². The van der Waals surface area contributed by atoms with Gasteiger partial charge in [-0.1, -0.05) is 6.42 Å². The average Bonchev–Trinajstić information content (AvgIpc) is 2.71. The van der Waals surface area contributed by atoms with Crippen LogP contribution in [0.25, 0.3) is 0 Å². The molecule has 6 unspecified atom stereocenters. The number of nitrogens with zero attached hydrogens (tertiary/aromatic N) is 2. The molecule has 2 heterocycles. The van der Waals surface area contributed by atoms with Crippen LogP contribution in [0.5, 0.6) is 0 Å². The van der Waals surface area contributed by atoms with Crippen molar-refractivity contribution in [2.45, 2.75) is 74.8 Å². The molecule has 1 amide bonds. The van der Waals surface area contributed by atoms with E-state index in [9.17, 15) is 25.2 Å². The van der Waals surface area contributed by atoms with E-state index in [1.165, 1.54) is 26.4 Å². The lowest BCUT2D eigenvalue weighted by Gasteiger charge is -2.44. The molecule has 6 atom stereocenters. The molecule has 1 aliphatic carbocycles. The number of ether oxygens (including phenoxy) is 2. The highest BCUT2D eigenvalue weighted by Gasteiger charge is 2.51. The summed E-state index contributed by atoms with van der Waals surface area (Å²) in [7, 11) is 1.29. The monoisotopic (exact) mass is 388 g/mol. The van der Waals surface area contributed by atoms with Gasteiger partial charge in [-0.15, -0.1) is 0 Å². The minimum atomic E-state index is -1.62. The molecular formula is C18H32N2O7. The molecule has 2 saturated heterocycles. The molecule has 0 aromatic carbocycles. The predicted octanol–water partition coefficient (Wildman–Crippen LogP) is -1.09. The Morgan fingerprint density at radius 2 is 1.37 bits per heavy atom. The molecule has 4 N–H and O–H groups in total. The van der Waals surface area contributed by atoms with Crippen LogP contribution in [-0.2, 0) is 9.47 Å². The standard InChI is InChI=1S/C18H32N2O7/c1-26-16-14(23)12(21)13(22)15(24)17(16)27-18(25)20-9-5-11(6-10-20)19-7-3-2-4-8-19/h11-17,21-24H,2-10H2,1H3. The predicted molar refractivity (Wildman–Crippen MR) is 95.1 cm³/mol. The Morgan fingerprint density at radius 3 is 1.93 bits per heavy atom. The minimum Gasteiger partial charge on any atom is -0.440 e. The van der Waals surface area contributed by atoms with Gasteiger partial charge in [-0.05, 0) is 38.8 Å². The Labute approximate surface area is 159 Å². The van der Waals surface area contributed by atoms with E-state index in [1.807, 2.05) is 0 Å². The highest BCUT2D eigenvalue weighted by Crippen LogP contribution is 2.27. The van der Waals surface area contributed by atoms with Gasteiger partial charge in [0, 0.05) is 26.2 Å². The average molecular weight is 388 g/mol. The number of carbonyl (C=O) groups excluding carboxylic acids is 1. The van der Waals surface area contributed by atoms with Crippen LogP contribution in [0.2, 0.25) is 0 Å². The number of aliphatic hydroxyl groups is 4. The third-order valence-electron chi connectivity index (χ3n) is 6.19. The molecule has 0 spiro atoms. The molecule has 9 nitrogen and oxygen atoms in total. The van der Waals surface area contributed by atoms with Gasteiger partial charge < -0.3 is 39.7 Å². The largest absolute Gasteiger partial charge is 0.440 e. The number of methoxy groups -OCH3 is 1. The molecule has 0 aromatic rings. The zero-order valence-corrected chi connectivity index (χ0v) is 15.8. The maximum Gasteiger partial charge on any atom is 0.410 e. The number of likely N-dealkylation sites (tertiary alicyclic amines) is 2. The van der Waals surface area contributed by atoms with Crippen molar-refractivity contribution in [3.63, 3.8) is 0 Å². The summed E-state index contributed by atoms with van der Waals surface area (Å²) in [5.41, 5.74) is 0. The lowest BCUT2D eigenvalue weighted by Crippen LogP contribution is -2.65. The van der Waals surface area contributed by atoms with Gasteiger partial charge in [0.1, 0.15) is 30.5 Å². The van der Waals surface area contributed by atoms with Gasteiger partial charge in [0.2, 0.25) is 0 Å². The number of amides is 1. The van der Waals surface area contributed by atoms with E-state index < -0.39 is 42.7 Å². The summed E-state index contributed by atoms with van der Waals surface area (Å²) < 4.78 is 10.5. The van der Waals surface area contributed by atoms with Crippen molar-refractivity contribution < 1.29 is 34.7 Å². The summed E-state index contributed by atoms with van der Waals surface area (Å²) in [5, 5.41) is 39.9. The molecule has 2 aliphatic heterocycles. The fourth-order valence-electron chi connectivity index (χ4n) is 4.48. The first-order valence-corrected chi connectivity index (χ1v) is 9.88. The van der Waals surface area contributed by atoms with E-state index in [-0.39, 0.29) is 0 Å². The lowest BCUT2D eigenvalue weighted by molar-refractivity contribution is -0.230. The summed E-state index contributed by atoms with van der Waals surface area (Å²) in [6.07, 6.45) is -3.65. The van der Waals surface area contributed by atoms with Crippen LogP contribution in [0.3, 0.4) is 0 Å². The van der Waals surface area contributed by atoms with Gasteiger partial charge in [-0.25, -0.2) is 4.79 Å². The maximum absolute atomic E-state index is 12.5. The van der Waals surface area contributed by atoms with Crippen LogP contribution in [0.4, 0.5) is 4.79 Å². The zero-order chi connectivity index (χ0) is 19.6. The van der Waals surface area contributed by atoms with E-state index in [0.717, 1.165) is 25.9 Å². The smallest absolute Gasteiger partial charge is 0.410 e. The number of piperidine rings is 2. The first-order chi connectivity index (χ1) is 12.9. The number of hydrogen-bond donors (Lipinski definition) is 4. The molecule has 9 heteroatoms. The summed E-state index contributed by atoms with van der Waals surface area (Å²) in [6.45, 7) is 3.37. The Hall–Kier alpha value is -0.970. The Balaban J connectivity index is 1.55. The van der Waals surface area contributed by atoms with Crippen molar-refractivity contribution in [3.8, 4) is 0 Å². The van der Waals surface area contributed by atoms with Crippen molar-refractivity contribution in [2.24, 2.45) is 0 Å². The lowest BCUT2D eigenvalue weighted by atomic mass is 9.84. The number of rotatable bonds is 3. The molecule has 1 saturated carbocycles. The Kier molecular flexibility index (Phi) is 6.93. The van der Waals surface area contributed by atoms with Crippen LogP contribution in [-0.4, -0.2) is 112 Å². The van der Waals surface area contributed by atoms with Gasteiger partial charge >= 0.3 is 6.09 Å². The van der Waals surface area contributed by atoms with Crippen molar-refractivity contribution >= 4 is 6.09 Å². The Bertz CT molecular complexity index is 494. The third kappa shape index (κ3) is 4.38. The fraction of sp³-hybridized carbons (Fsp3) is 0.944. The third-order valence-corrected chi connectivity index (χ3v) is 6.19. The summed E-state index contributed by atoms with van der Waals surface area (Å²) in [4.78, 5) is 16.6.